The fourth-order valence-corrected chi connectivity index (χ4v) is 2.00. The van der Waals surface area contributed by atoms with Gasteiger partial charge in [0.15, 0.2) is 5.78 Å². The predicted octanol–water partition coefficient (Wildman–Crippen LogP) is 2.52. The molecule has 0 saturated heterocycles. The second kappa shape index (κ2) is 6.67. The summed E-state index contributed by atoms with van der Waals surface area (Å²) in [5.41, 5.74) is 1.51. The Kier molecular flexibility index (Phi) is 4.68. The lowest BCUT2D eigenvalue weighted by molar-refractivity contribution is 0.0690. The van der Waals surface area contributed by atoms with Crippen molar-refractivity contribution in [3.8, 4) is 0 Å². The lowest BCUT2D eigenvalue weighted by Gasteiger charge is -2.08. The van der Waals surface area contributed by atoms with Gasteiger partial charge in [0.2, 0.25) is 0 Å². The number of carboxylic acids is 1. The first-order valence-corrected chi connectivity index (χ1v) is 6.69. The summed E-state index contributed by atoms with van der Waals surface area (Å²) in [6, 6.07) is 12.9. The number of benzene rings is 2. The maximum Gasteiger partial charge on any atom is 0.336 e. The fraction of sp³-hybridized carbons (Fsp3) is 0.118. The molecule has 0 aliphatic heterocycles. The van der Waals surface area contributed by atoms with Gasteiger partial charge in [-0.25, -0.2) is 4.79 Å². The van der Waals surface area contributed by atoms with Gasteiger partial charge < -0.3 is 10.4 Å². The maximum atomic E-state index is 12.1. The molecule has 0 bridgehead atoms. The van der Waals surface area contributed by atoms with Crippen molar-refractivity contribution in [3.05, 3.63) is 70.8 Å². The molecule has 5 heteroatoms. The SMILES string of the molecule is CC(=O)c1ccc(CNC(=O)c2ccccc2C(=O)O)cc1. The number of amides is 1. The third-order valence-electron chi connectivity index (χ3n) is 3.22. The van der Waals surface area contributed by atoms with Gasteiger partial charge >= 0.3 is 5.97 Å². The van der Waals surface area contributed by atoms with E-state index in [1.54, 1.807) is 36.4 Å². The zero-order chi connectivity index (χ0) is 16.1. The van der Waals surface area contributed by atoms with Crippen LogP contribution in [0.1, 0.15) is 43.6 Å². The number of hydrogen-bond donors (Lipinski definition) is 2. The fourth-order valence-electron chi connectivity index (χ4n) is 2.00. The van der Waals surface area contributed by atoms with Crippen molar-refractivity contribution in [1.82, 2.24) is 5.32 Å². The third kappa shape index (κ3) is 3.58. The lowest BCUT2D eigenvalue weighted by atomic mass is 10.1. The van der Waals surface area contributed by atoms with Gasteiger partial charge in [-0.1, -0.05) is 36.4 Å². The first kappa shape index (κ1) is 15.4. The Morgan fingerprint density at radius 3 is 2.09 bits per heavy atom. The van der Waals surface area contributed by atoms with Gasteiger partial charge in [0.1, 0.15) is 0 Å². The monoisotopic (exact) mass is 297 g/mol. The number of hydrogen-bond acceptors (Lipinski definition) is 3. The number of carbonyl (C=O) groups excluding carboxylic acids is 2. The average molecular weight is 297 g/mol. The summed E-state index contributed by atoms with van der Waals surface area (Å²) in [7, 11) is 0. The highest BCUT2D eigenvalue weighted by Gasteiger charge is 2.15. The number of aromatic carboxylic acids is 1. The molecule has 0 unspecified atom stereocenters. The van der Waals surface area contributed by atoms with Crippen LogP contribution in [0.5, 0.6) is 0 Å². The molecule has 112 valence electrons. The van der Waals surface area contributed by atoms with E-state index in [2.05, 4.69) is 5.32 Å². The van der Waals surface area contributed by atoms with Gasteiger partial charge in [0, 0.05) is 12.1 Å². The molecule has 0 radical (unpaired) electrons. The summed E-state index contributed by atoms with van der Waals surface area (Å²) in [4.78, 5) is 34.4. The normalized spacial score (nSPS) is 10.0. The van der Waals surface area contributed by atoms with Crippen LogP contribution in [0.25, 0.3) is 0 Å². The molecule has 2 rings (SSSR count). The minimum absolute atomic E-state index is 0.0222. The predicted molar refractivity (Wildman–Crippen MR) is 81.0 cm³/mol. The molecule has 0 fully saturated rings. The quantitative estimate of drug-likeness (QED) is 0.831. The van der Waals surface area contributed by atoms with Gasteiger partial charge in [0.25, 0.3) is 5.91 Å². The summed E-state index contributed by atoms with van der Waals surface area (Å²) in [5, 5.41) is 11.7. The van der Waals surface area contributed by atoms with Crippen LogP contribution in [0.2, 0.25) is 0 Å². The number of carbonyl (C=O) groups is 3. The number of rotatable bonds is 5. The van der Waals surface area contributed by atoms with E-state index in [1.807, 2.05) is 0 Å². The number of nitrogens with one attached hydrogen (secondary N) is 1. The zero-order valence-corrected chi connectivity index (χ0v) is 12.0. The molecule has 22 heavy (non-hydrogen) atoms. The van der Waals surface area contributed by atoms with Crippen molar-refractivity contribution in [2.45, 2.75) is 13.5 Å². The van der Waals surface area contributed by atoms with Crippen LogP contribution >= 0.6 is 0 Å². The van der Waals surface area contributed by atoms with Gasteiger partial charge in [-0.2, -0.15) is 0 Å². The van der Waals surface area contributed by atoms with Crippen LogP contribution < -0.4 is 5.32 Å². The molecule has 0 aliphatic rings. The first-order valence-electron chi connectivity index (χ1n) is 6.69. The van der Waals surface area contributed by atoms with Crippen molar-refractivity contribution in [1.29, 1.82) is 0 Å². The highest BCUT2D eigenvalue weighted by atomic mass is 16.4. The lowest BCUT2D eigenvalue weighted by Crippen LogP contribution is -2.24. The van der Waals surface area contributed by atoms with E-state index in [9.17, 15) is 14.4 Å². The van der Waals surface area contributed by atoms with Crippen molar-refractivity contribution in [2.75, 3.05) is 0 Å². The molecule has 2 aromatic carbocycles. The van der Waals surface area contributed by atoms with Crippen LogP contribution in [0, 0.1) is 0 Å². The molecule has 0 aromatic heterocycles. The second-order valence-electron chi connectivity index (χ2n) is 4.79. The van der Waals surface area contributed by atoms with E-state index in [0.717, 1.165) is 5.56 Å². The number of Topliss-reactive ketones (excluding diaryl/α,β-unsaturated/α-hetero) is 1. The van der Waals surface area contributed by atoms with Crippen LogP contribution in [0.3, 0.4) is 0 Å². The van der Waals surface area contributed by atoms with E-state index in [-0.39, 0.29) is 23.5 Å². The summed E-state index contributed by atoms with van der Waals surface area (Å²) in [6.45, 7) is 1.74. The summed E-state index contributed by atoms with van der Waals surface area (Å²) in [6.07, 6.45) is 0. The number of ketones is 1. The third-order valence-corrected chi connectivity index (χ3v) is 3.22. The van der Waals surface area contributed by atoms with Gasteiger partial charge in [-0.3, -0.25) is 9.59 Å². The highest BCUT2D eigenvalue weighted by molar-refractivity contribution is 6.04. The van der Waals surface area contributed by atoms with E-state index in [0.29, 0.717) is 5.56 Å². The minimum Gasteiger partial charge on any atom is -0.478 e. The zero-order valence-electron chi connectivity index (χ0n) is 12.0. The van der Waals surface area contributed by atoms with Crippen LogP contribution in [-0.2, 0) is 6.54 Å². The minimum atomic E-state index is -1.14. The molecule has 5 nitrogen and oxygen atoms in total. The Morgan fingerprint density at radius 1 is 0.955 bits per heavy atom. The van der Waals surface area contributed by atoms with Crippen LogP contribution in [0.4, 0.5) is 0 Å². The first-order chi connectivity index (χ1) is 10.5. The largest absolute Gasteiger partial charge is 0.478 e. The average Bonchev–Trinajstić information content (AvgIpc) is 2.53. The van der Waals surface area contributed by atoms with Crippen molar-refractivity contribution in [2.24, 2.45) is 0 Å². The van der Waals surface area contributed by atoms with Crippen molar-refractivity contribution in [3.63, 3.8) is 0 Å². The molecular weight excluding hydrogens is 282 g/mol. The summed E-state index contributed by atoms with van der Waals surface area (Å²) < 4.78 is 0. The molecule has 0 aliphatic carbocycles. The van der Waals surface area contributed by atoms with E-state index in [1.165, 1.54) is 19.1 Å². The van der Waals surface area contributed by atoms with Crippen LogP contribution in [-0.4, -0.2) is 22.8 Å². The number of carboxylic acid groups (broad SMARTS) is 1. The van der Waals surface area contributed by atoms with Gasteiger partial charge in [0.05, 0.1) is 11.1 Å². The summed E-state index contributed by atoms with van der Waals surface area (Å²) in [5.74, 6) is -1.61. The van der Waals surface area contributed by atoms with E-state index >= 15 is 0 Å². The molecule has 2 aromatic rings. The standard InChI is InChI=1S/C17H15NO4/c1-11(19)13-8-6-12(7-9-13)10-18-16(20)14-4-2-3-5-15(14)17(21)22/h2-9H,10H2,1H3,(H,18,20)(H,21,22). The Bertz CT molecular complexity index is 720. The van der Waals surface area contributed by atoms with E-state index in [4.69, 9.17) is 5.11 Å². The van der Waals surface area contributed by atoms with Crippen molar-refractivity contribution >= 4 is 17.7 Å². The van der Waals surface area contributed by atoms with Crippen LogP contribution in [0.15, 0.2) is 48.5 Å². The molecule has 0 heterocycles. The Hall–Kier alpha value is -2.95. The molecule has 2 N–H and O–H groups in total. The molecule has 0 saturated carbocycles. The molecule has 1 amide bonds. The second-order valence-corrected chi connectivity index (χ2v) is 4.79. The molecule has 0 atom stereocenters. The Labute approximate surface area is 127 Å². The smallest absolute Gasteiger partial charge is 0.336 e. The van der Waals surface area contributed by atoms with E-state index < -0.39 is 11.9 Å². The summed E-state index contributed by atoms with van der Waals surface area (Å²) >= 11 is 0. The maximum absolute atomic E-state index is 12.1. The Balaban J connectivity index is 2.07. The molecule has 0 spiro atoms. The van der Waals surface area contributed by atoms with Crippen molar-refractivity contribution < 1.29 is 19.5 Å². The topological polar surface area (TPSA) is 83.5 Å². The van der Waals surface area contributed by atoms with Gasteiger partial charge in [-0.15, -0.1) is 0 Å². The van der Waals surface area contributed by atoms with Gasteiger partial charge in [-0.05, 0) is 24.6 Å². The highest BCUT2D eigenvalue weighted by Crippen LogP contribution is 2.10. The Morgan fingerprint density at radius 2 is 1.55 bits per heavy atom. The molecular formula is C17H15NO4.